The summed E-state index contributed by atoms with van der Waals surface area (Å²) < 4.78 is 17.6. The lowest BCUT2D eigenvalue weighted by Gasteiger charge is -2.47. The van der Waals surface area contributed by atoms with Crippen molar-refractivity contribution in [2.24, 2.45) is 17.3 Å². The van der Waals surface area contributed by atoms with E-state index in [0.717, 1.165) is 19.3 Å². The Balaban J connectivity index is 2.10. The van der Waals surface area contributed by atoms with Crippen molar-refractivity contribution in [1.29, 1.82) is 0 Å². The first kappa shape index (κ1) is 27.4. The lowest BCUT2D eigenvalue weighted by molar-refractivity contribution is -0.328. The van der Waals surface area contributed by atoms with Crippen LogP contribution in [0, 0.1) is 17.3 Å². The van der Waals surface area contributed by atoms with Crippen LogP contribution < -0.4 is 0 Å². The fourth-order valence-corrected chi connectivity index (χ4v) is 4.10. The second-order valence-electron chi connectivity index (χ2n) is 10.7. The molecular weight excluding hydrogens is 380 g/mol. The van der Waals surface area contributed by atoms with Gasteiger partial charge < -0.3 is 19.3 Å². The largest absolute Gasteiger partial charge is 0.465 e. The van der Waals surface area contributed by atoms with Gasteiger partial charge in [0.05, 0.1) is 24.2 Å². The Hall–Kier alpha value is -0.650. The number of hydrogen-bond acceptors (Lipinski definition) is 5. The normalized spacial score (nSPS) is 25.1. The minimum atomic E-state index is -0.577. The van der Waals surface area contributed by atoms with E-state index in [0.29, 0.717) is 12.5 Å². The van der Waals surface area contributed by atoms with Crippen molar-refractivity contribution in [2.75, 3.05) is 13.2 Å². The molecule has 5 heteroatoms. The first-order valence-corrected chi connectivity index (χ1v) is 12.1. The molecule has 0 aromatic carbocycles. The number of unbranched alkanes of at least 4 members (excludes halogenated alkanes) is 7. The zero-order chi connectivity index (χ0) is 22.8. The van der Waals surface area contributed by atoms with Gasteiger partial charge in [-0.15, -0.1) is 0 Å². The molecule has 1 aliphatic rings. The fraction of sp³-hybridized carbons (Fsp3) is 0.960. The summed E-state index contributed by atoms with van der Waals surface area (Å²) in [6.45, 7) is 14.6. The zero-order valence-corrected chi connectivity index (χ0v) is 20.7. The van der Waals surface area contributed by atoms with E-state index in [4.69, 9.17) is 14.2 Å². The second kappa shape index (κ2) is 13.0. The molecule has 0 saturated carbocycles. The number of carbonyl (C=O) groups excluding carboxylic acids is 1. The summed E-state index contributed by atoms with van der Waals surface area (Å²) in [6.07, 6.45) is 10.8. The van der Waals surface area contributed by atoms with Crippen LogP contribution >= 0.6 is 0 Å². The number of rotatable bonds is 13. The number of ether oxygens (including phenoxy) is 3. The standard InChI is InChI=1S/C25H48O5/c1-19(18-26)22-20(2)21(29-25(6,7)30-22)16-14-12-10-8-9-11-13-15-17-28-23(27)24(3,4)5/h19-22,26H,8-18H2,1-7H3/t19-,20-,21+,22+/m0/s1. The first-order chi connectivity index (χ1) is 14.0. The monoisotopic (exact) mass is 428 g/mol. The van der Waals surface area contributed by atoms with Crippen molar-refractivity contribution >= 4 is 5.97 Å². The Bertz CT molecular complexity index is 482. The van der Waals surface area contributed by atoms with Gasteiger partial charge in [-0.05, 0) is 47.5 Å². The highest BCUT2D eigenvalue weighted by Gasteiger charge is 2.42. The number of carbonyl (C=O) groups is 1. The molecule has 0 bridgehead atoms. The van der Waals surface area contributed by atoms with Crippen molar-refractivity contribution in [3.63, 3.8) is 0 Å². The molecule has 30 heavy (non-hydrogen) atoms. The molecule has 0 aliphatic carbocycles. The van der Waals surface area contributed by atoms with Gasteiger partial charge in [-0.25, -0.2) is 0 Å². The maximum Gasteiger partial charge on any atom is 0.311 e. The Morgan fingerprint density at radius 3 is 2.07 bits per heavy atom. The predicted molar refractivity (Wildman–Crippen MR) is 121 cm³/mol. The van der Waals surface area contributed by atoms with E-state index < -0.39 is 11.2 Å². The van der Waals surface area contributed by atoms with Gasteiger partial charge in [0, 0.05) is 18.4 Å². The van der Waals surface area contributed by atoms with Crippen molar-refractivity contribution in [3.8, 4) is 0 Å². The summed E-state index contributed by atoms with van der Waals surface area (Å²) in [4.78, 5) is 11.7. The molecule has 0 aromatic heterocycles. The van der Waals surface area contributed by atoms with Crippen LogP contribution in [0.4, 0.5) is 0 Å². The van der Waals surface area contributed by atoms with Crippen molar-refractivity contribution in [3.05, 3.63) is 0 Å². The van der Waals surface area contributed by atoms with Crippen LogP contribution in [0.2, 0.25) is 0 Å². The molecule has 1 saturated heterocycles. The minimum Gasteiger partial charge on any atom is -0.465 e. The van der Waals surface area contributed by atoms with Crippen LogP contribution in [0.1, 0.15) is 106 Å². The summed E-state index contributed by atoms with van der Waals surface area (Å²) in [5, 5.41) is 9.54. The van der Waals surface area contributed by atoms with Crippen LogP contribution in [0.5, 0.6) is 0 Å². The minimum absolute atomic E-state index is 0.0476. The third-order valence-electron chi connectivity index (χ3n) is 6.04. The third kappa shape index (κ3) is 10.1. The van der Waals surface area contributed by atoms with Gasteiger partial charge in [0.15, 0.2) is 5.79 Å². The molecule has 0 unspecified atom stereocenters. The van der Waals surface area contributed by atoms with Gasteiger partial charge >= 0.3 is 5.97 Å². The zero-order valence-electron chi connectivity index (χ0n) is 20.7. The number of aliphatic hydroxyl groups excluding tert-OH is 1. The van der Waals surface area contributed by atoms with Crippen LogP contribution in [0.25, 0.3) is 0 Å². The molecule has 1 rings (SSSR count). The van der Waals surface area contributed by atoms with Crippen LogP contribution in [-0.4, -0.2) is 42.3 Å². The highest BCUT2D eigenvalue weighted by Crippen LogP contribution is 2.36. The average Bonchev–Trinajstić information content (AvgIpc) is 2.66. The summed E-state index contributed by atoms with van der Waals surface area (Å²) >= 11 is 0. The van der Waals surface area contributed by atoms with Crippen LogP contribution in [0.15, 0.2) is 0 Å². The van der Waals surface area contributed by atoms with Crippen molar-refractivity contribution < 1.29 is 24.1 Å². The molecule has 178 valence electrons. The topological polar surface area (TPSA) is 65.0 Å². The van der Waals surface area contributed by atoms with Gasteiger partial charge in [-0.2, -0.15) is 0 Å². The molecule has 1 fully saturated rings. The first-order valence-electron chi connectivity index (χ1n) is 12.1. The molecular formula is C25H48O5. The van der Waals surface area contributed by atoms with Gasteiger partial charge in [-0.1, -0.05) is 58.8 Å². The number of aliphatic hydroxyl groups is 1. The average molecular weight is 429 g/mol. The van der Waals surface area contributed by atoms with Crippen LogP contribution in [0.3, 0.4) is 0 Å². The Morgan fingerprint density at radius 2 is 1.53 bits per heavy atom. The predicted octanol–water partition coefficient (Wildman–Crippen LogP) is 5.87. The molecule has 4 atom stereocenters. The lowest BCUT2D eigenvalue weighted by Crippen LogP contribution is -2.52. The number of esters is 1. The molecule has 5 nitrogen and oxygen atoms in total. The third-order valence-corrected chi connectivity index (χ3v) is 6.04. The molecule has 0 spiro atoms. The highest BCUT2D eigenvalue weighted by molar-refractivity contribution is 5.75. The smallest absolute Gasteiger partial charge is 0.311 e. The van der Waals surface area contributed by atoms with Gasteiger partial charge in [0.2, 0.25) is 0 Å². The van der Waals surface area contributed by atoms with Gasteiger partial charge in [0.1, 0.15) is 0 Å². The molecule has 0 aromatic rings. The summed E-state index contributed by atoms with van der Waals surface area (Å²) in [6, 6.07) is 0. The summed E-state index contributed by atoms with van der Waals surface area (Å²) in [7, 11) is 0. The maximum absolute atomic E-state index is 11.7. The molecule has 1 N–H and O–H groups in total. The van der Waals surface area contributed by atoms with E-state index in [-0.39, 0.29) is 30.7 Å². The molecule has 0 radical (unpaired) electrons. The summed E-state index contributed by atoms with van der Waals surface area (Å²) in [5.74, 6) is -0.256. The van der Waals surface area contributed by atoms with E-state index in [2.05, 4.69) is 6.92 Å². The summed E-state index contributed by atoms with van der Waals surface area (Å²) in [5.41, 5.74) is -0.402. The van der Waals surface area contributed by atoms with Crippen LogP contribution in [-0.2, 0) is 19.0 Å². The molecule has 0 amide bonds. The van der Waals surface area contributed by atoms with Crippen molar-refractivity contribution in [2.45, 2.75) is 124 Å². The van der Waals surface area contributed by atoms with E-state index >= 15 is 0 Å². The molecule has 1 aliphatic heterocycles. The highest BCUT2D eigenvalue weighted by atomic mass is 16.7. The number of hydrogen-bond donors (Lipinski definition) is 1. The van der Waals surface area contributed by atoms with Crippen molar-refractivity contribution in [1.82, 2.24) is 0 Å². The van der Waals surface area contributed by atoms with Gasteiger partial charge in [-0.3, -0.25) is 4.79 Å². The molecule has 1 heterocycles. The maximum atomic E-state index is 11.7. The van der Waals surface area contributed by atoms with E-state index in [9.17, 15) is 9.90 Å². The van der Waals surface area contributed by atoms with E-state index in [1.165, 1.54) is 38.5 Å². The quantitative estimate of drug-likeness (QED) is 0.293. The lowest BCUT2D eigenvalue weighted by atomic mass is 9.85. The van der Waals surface area contributed by atoms with Gasteiger partial charge in [0.25, 0.3) is 0 Å². The van der Waals surface area contributed by atoms with E-state index in [1.54, 1.807) is 0 Å². The SMILES string of the molecule is C[C@@H]1[C@@H]([C@@H](C)CO)OC(C)(C)O[C@@H]1CCCCCCCCCCOC(=O)C(C)(C)C. The fourth-order valence-electron chi connectivity index (χ4n) is 4.10. The Kier molecular flexibility index (Phi) is 11.9. The Labute approximate surface area is 185 Å². The van der Waals surface area contributed by atoms with E-state index in [1.807, 2.05) is 41.5 Å². The second-order valence-corrected chi connectivity index (χ2v) is 10.7. The Morgan fingerprint density at radius 1 is 1.00 bits per heavy atom.